The van der Waals surface area contributed by atoms with E-state index < -0.39 is 31.0 Å². The van der Waals surface area contributed by atoms with Crippen LogP contribution in [0.5, 0.6) is 0 Å². The Morgan fingerprint density at radius 3 is 2.50 bits per heavy atom. The van der Waals surface area contributed by atoms with Crippen molar-refractivity contribution >= 4 is 31.0 Å². The number of rotatable bonds is 3. The summed E-state index contributed by atoms with van der Waals surface area (Å²) in [5.74, 6) is 0.349. The van der Waals surface area contributed by atoms with Crippen molar-refractivity contribution < 1.29 is 16.8 Å². The normalized spacial score (nSPS) is 30.6. The second-order valence-corrected chi connectivity index (χ2v) is 11.9. The first kappa shape index (κ1) is 16.4. The lowest BCUT2D eigenvalue weighted by Gasteiger charge is -2.36. The van der Waals surface area contributed by atoms with Crippen molar-refractivity contribution in [3.05, 3.63) is 17.5 Å². The Balaban J connectivity index is 1.91. The lowest BCUT2D eigenvalue weighted by molar-refractivity contribution is 0.151. The van der Waals surface area contributed by atoms with E-state index in [9.17, 15) is 16.8 Å². The maximum absolute atomic E-state index is 12.8. The number of piperidine rings is 1. The lowest BCUT2D eigenvalue weighted by Crippen LogP contribution is -2.49. The molecule has 2 fully saturated rings. The third-order valence-corrected chi connectivity index (χ3v) is 10.3. The highest BCUT2D eigenvalue weighted by molar-refractivity contribution is 7.97. The fraction of sp³-hybridized carbons (Fsp3) is 0.714. The third-order valence-electron chi connectivity index (χ3n) is 4.73. The van der Waals surface area contributed by atoms with E-state index in [1.807, 2.05) is 0 Å². The quantitative estimate of drug-likeness (QED) is 0.812. The van der Waals surface area contributed by atoms with Gasteiger partial charge in [0.1, 0.15) is 4.21 Å². The first-order valence-corrected chi connectivity index (χ1v) is 11.8. The molecule has 2 saturated heterocycles. The molecule has 0 N–H and O–H groups in total. The van der Waals surface area contributed by atoms with Crippen molar-refractivity contribution in [2.75, 3.05) is 24.6 Å². The second kappa shape index (κ2) is 5.89. The van der Waals surface area contributed by atoms with Gasteiger partial charge >= 0.3 is 0 Å². The highest BCUT2D eigenvalue weighted by Crippen LogP contribution is 2.32. The van der Waals surface area contributed by atoms with E-state index in [4.69, 9.17) is 0 Å². The molecule has 0 spiro atoms. The SMILES string of the molecule is CC1CCN(C2CS(=O)(=O)CC2S(=O)(=O)c2cccs2)CC1. The maximum Gasteiger partial charge on any atom is 0.193 e. The Morgan fingerprint density at radius 2 is 1.91 bits per heavy atom. The summed E-state index contributed by atoms with van der Waals surface area (Å²) >= 11 is 1.16. The van der Waals surface area contributed by atoms with Crippen molar-refractivity contribution in [2.45, 2.75) is 35.3 Å². The van der Waals surface area contributed by atoms with E-state index in [-0.39, 0.29) is 15.7 Å². The molecule has 2 atom stereocenters. The predicted molar refractivity (Wildman–Crippen MR) is 87.7 cm³/mol. The summed E-state index contributed by atoms with van der Waals surface area (Å²) in [7, 11) is -6.88. The second-order valence-electron chi connectivity index (χ2n) is 6.38. The Morgan fingerprint density at radius 1 is 1.23 bits per heavy atom. The van der Waals surface area contributed by atoms with Gasteiger partial charge in [0.2, 0.25) is 0 Å². The van der Waals surface area contributed by atoms with E-state index in [0.717, 1.165) is 37.3 Å². The van der Waals surface area contributed by atoms with Crippen LogP contribution in [-0.4, -0.2) is 57.6 Å². The first-order chi connectivity index (χ1) is 10.3. The molecule has 3 rings (SSSR count). The van der Waals surface area contributed by atoms with Crippen molar-refractivity contribution in [1.82, 2.24) is 4.90 Å². The molecule has 0 amide bonds. The molecule has 0 aliphatic carbocycles. The van der Waals surface area contributed by atoms with Gasteiger partial charge in [0.15, 0.2) is 19.7 Å². The predicted octanol–water partition coefficient (Wildman–Crippen LogP) is 1.42. The first-order valence-electron chi connectivity index (χ1n) is 7.51. The van der Waals surface area contributed by atoms with Gasteiger partial charge in [-0.25, -0.2) is 16.8 Å². The zero-order valence-electron chi connectivity index (χ0n) is 12.5. The van der Waals surface area contributed by atoms with Crippen LogP contribution in [0.4, 0.5) is 0 Å². The van der Waals surface area contributed by atoms with E-state index in [1.54, 1.807) is 17.5 Å². The summed E-state index contributed by atoms with van der Waals surface area (Å²) in [6, 6.07) is 2.86. The van der Waals surface area contributed by atoms with Crippen LogP contribution >= 0.6 is 11.3 Å². The van der Waals surface area contributed by atoms with Gasteiger partial charge in [-0.05, 0) is 43.3 Å². The van der Waals surface area contributed by atoms with E-state index in [2.05, 4.69) is 11.8 Å². The summed E-state index contributed by atoms with van der Waals surface area (Å²) in [6.07, 6.45) is 2.00. The number of hydrogen-bond donors (Lipinski definition) is 0. The van der Waals surface area contributed by atoms with Crippen molar-refractivity contribution in [2.24, 2.45) is 5.92 Å². The Bertz CT molecular complexity index is 716. The molecule has 0 saturated carbocycles. The number of nitrogens with zero attached hydrogens (tertiary/aromatic N) is 1. The van der Waals surface area contributed by atoms with Gasteiger partial charge in [-0.2, -0.15) is 0 Å². The molecule has 0 bridgehead atoms. The molecule has 2 aliphatic heterocycles. The Kier molecular flexibility index (Phi) is 4.39. The summed E-state index contributed by atoms with van der Waals surface area (Å²) < 4.78 is 50.1. The molecular weight excluding hydrogens is 342 g/mol. The minimum absolute atomic E-state index is 0.0311. The van der Waals surface area contributed by atoms with Crippen LogP contribution < -0.4 is 0 Å². The van der Waals surface area contributed by atoms with Gasteiger partial charge in [-0.15, -0.1) is 11.3 Å². The van der Waals surface area contributed by atoms with Gasteiger partial charge in [0, 0.05) is 6.04 Å². The number of likely N-dealkylation sites (tertiary alicyclic amines) is 1. The molecular formula is C14H21NO4S3. The zero-order chi connectivity index (χ0) is 16.0. The standard InChI is InChI=1S/C14H21NO4S3/c1-11-4-6-15(7-5-11)12-9-21(16,17)10-13(12)22(18,19)14-3-2-8-20-14/h2-3,8,11-13H,4-7,9-10H2,1H3. The maximum atomic E-state index is 12.8. The van der Waals surface area contributed by atoms with Gasteiger partial charge in [0.25, 0.3) is 0 Å². The van der Waals surface area contributed by atoms with Crippen LogP contribution in [-0.2, 0) is 19.7 Å². The lowest BCUT2D eigenvalue weighted by atomic mass is 9.98. The van der Waals surface area contributed by atoms with Crippen LogP contribution in [0.1, 0.15) is 19.8 Å². The van der Waals surface area contributed by atoms with E-state index in [1.165, 1.54) is 0 Å². The molecule has 1 aromatic heterocycles. The average Bonchev–Trinajstić information content (AvgIpc) is 3.07. The van der Waals surface area contributed by atoms with Gasteiger partial charge in [-0.3, -0.25) is 4.90 Å². The highest BCUT2D eigenvalue weighted by Gasteiger charge is 2.48. The smallest absolute Gasteiger partial charge is 0.193 e. The van der Waals surface area contributed by atoms with Crippen LogP contribution in [0, 0.1) is 5.92 Å². The van der Waals surface area contributed by atoms with Crippen LogP contribution in [0.2, 0.25) is 0 Å². The Hall–Kier alpha value is -0.440. The van der Waals surface area contributed by atoms with Crippen LogP contribution in [0.15, 0.2) is 21.7 Å². The summed E-state index contributed by atoms with van der Waals surface area (Å²) in [6.45, 7) is 3.76. The molecule has 124 valence electrons. The largest absolute Gasteiger partial charge is 0.298 e. The number of thiophene rings is 1. The minimum atomic E-state index is -3.58. The molecule has 2 unspecified atom stereocenters. The minimum Gasteiger partial charge on any atom is -0.298 e. The molecule has 22 heavy (non-hydrogen) atoms. The number of hydrogen-bond acceptors (Lipinski definition) is 6. The molecule has 3 heterocycles. The average molecular weight is 364 g/mol. The molecule has 0 aromatic carbocycles. The molecule has 5 nitrogen and oxygen atoms in total. The van der Waals surface area contributed by atoms with Crippen molar-refractivity contribution in [3.63, 3.8) is 0 Å². The van der Waals surface area contributed by atoms with Crippen molar-refractivity contribution in [3.8, 4) is 0 Å². The van der Waals surface area contributed by atoms with Gasteiger partial charge in [0.05, 0.1) is 16.8 Å². The van der Waals surface area contributed by atoms with Gasteiger partial charge in [-0.1, -0.05) is 13.0 Å². The van der Waals surface area contributed by atoms with Gasteiger partial charge < -0.3 is 0 Å². The Labute approximate surface area is 136 Å². The third kappa shape index (κ3) is 3.11. The summed E-state index contributed by atoms with van der Waals surface area (Å²) in [5, 5.41) is 0.887. The summed E-state index contributed by atoms with van der Waals surface area (Å²) in [5.41, 5.74) is 0. The van der Waals surface area contributed by atoms with Crippen molar-refractivity contribution in [1.29, 1.82) is 0 Å². The fourth-order valence-corrected chi connectivity index (χ4v) is 9.42. The van der Waals surface area contributed by atoms with Crippen LogP contribution in [0.3, 0.4) is 0 Å². The fourth-order valence-electron chi connectivity index (χ4n) is 3.37. The van der Waals surface area contributed by atoms with Crippen LogP contribution in [0.25, 0.3) is 0 Å². The summed E-state index contributed by atoms with van der Waals surface area (Å²) in [4.78, 5) is 2.08. The number of sulfone groups is 2. The molecule has 8 heteroatoms. The monoisotopic (exact) mass is 363 g/mol. The molecule has 1 aromatic rings. The molecule has 0 radical (unpaired) electrons. The molecule has 2 aliphatic rings. The zero-order valence-corrected chi connectivity index (χ0v) is 15.0. The van der Waals surface area contributed by atoms with E-state index in [0.29, 0.717) is 5.92 Å². The topological polar surface area (TPSA) is 71.5 Å². The van der Waals surface area contributed by atoms with E-state index >= 15 is 0 Å². The highest BCUT2D eigenvalue weighted by atomic mass is 32.2.